The number of carboxylic acid groups (broad SMARTS) is 1. The van der Waals surface area contributed by atoms with Crippen molar-refractivity contribution in [1.82, 2.24) is 16.0 Å². The van der Waals surface area contributed by atoms with Gasteiger partial charge in [0.2, 0.25) is 17.7 Å². The highest BCUT2D eigenvalue weighted by Crippen LogP contribution is 2.13. The third kappa shape index (κ3) is 33.3. The topological polar surface area (TPSA) is 205 Å². The van der Waals surface area contributed by atoms with Gasteiger partial charge in [0.05, 0.1) is 39.6 Å². The third-order valence-corrected chi connectivity index (χ3v) is 7.33. The molecule has 0 bridgehead atoms. The number of amides is 3. The van der Waals surface area contributed by atoms with Crippen molar-refractivity contribution in [2.24, 2.45) is 5.73 Å². The highest BCUT2D eigenvalue weighted by Gasteiger charge is 2.18. The smallest absolute Gasteiger partial charge is 0.303 e. The van der Waals surface area contributed by atoms with Crippen molar-refractivity contribution in [3.05, 3.63) is 0 Å². The standard InChI is InChI=1S/C34H64N4O10/c1-29(39)27-47-24-22-45-20-18-36-32(41)28-48-25-23-46-21-19-37-34(44)30(26-35)38-31(40)16-14-12-10-8-6-4-2-3-5-7-9-11-13-15-17-33(42)43/h30H,2-28,35H2,1H3,(H,36,41)(H,37,44)(H,38,40)(H,42,43)/t30-/m0/s1. The lowest BCUT2D eigenvalue weighted by molar-refractivity contribution is -0.137. The van der Waals surface area contributed by atoms with E-state index < -0.39 is 12.0 Å². The molecular weight excluding hydrogens is 624 g/mol. The maximum atomic E-state index is 12.4. The quantitative estimate of drug-likeness (QED) is 0.0605. The van der Waals surface area contributed by atoms with Gasteiger partial charge in [-0.15, -0.1) is 0 Å². The van der Waals surface area contributed by atoms with Crippen LogP contribution in [0.15, 0.2) is 0 Å². The molecule has 3 amide bonds. The van der Waals surface area contributed by atoms with Crippen molar-refractivity contribution in [2.75, 3.05) is 72.5 Å². The number of hydrogen-bond donors (Lipinski definition) is 5. The second-order valence-electron chi connectivity index (χ2n) is 11.9. The molecule has 0 unspecified atom stereocenters. The van der Waals surface area contributed by atoms with Gasteiger partial charge in [-0.2, -0.15) is 0 Å². The molecule has 0 aliphatic rings. The molecular formula is C34H64N4O10. The molecule has 0 saturated carbocycles. The summed E-state index contributed by atoms with van der Waals surface area (Å²) in [5, 5.41) is 16.7. The second-order valence-corrected chi connectivity index (χ2v) is 11.9. The van der Waals surface area contributed by atoms with Gasteiger partial charge in [-0.05, 0) is 19.8 Å². The molecule has 0 rings (SSSR count). The monoisotopic (exact) mass is 688 g/mol. The number of carboxylic acids is 1. The fraction of sp³-hybridized carbons (Fsp3) is 0.853. The van der Waals surface area contributed by atoms with E-state index in [2.05, 4.69) is 16.0 Å². The van der Waals surface area contributed by atoms with E-state index in [1.54, 1.807) is 0 Å². The third-order valence-electron chi connectivity index (χ3n) is 7.33. The average molecular weight is 689 g/mol. The molecule has 48 heavy (non-hydrogen) atoms. The second kappa shape index (κ2) is 34.2. The van der Waals surface area contributed by atoms with Gasteiger partial charge < -0.3 is 45.7 Å². The summed E-state index contributed by atoms with van der Waals surface area (Å²) in [6.07, 6.45) is 16.3. The number of Topliss-reactive ketones (excluding diaryl/α,β-unsaturated/α-hetero) is 1. The van der Waals surface area contributed by atoms with E-state index in [1.165, 1.54) is 58.3 Å². The van der Waals surface area contributed by atoms with E-state index in [9.17, 15) is 24.0 Å². The number of rotatable bonds is 36. The van der Waals surface area contributed by atoms with Crippen molar-refractivity contribution in [3.63, 3.8) is 0 Å². The molecule has 14 heteroatoms. The Morgan fingerprint density at radius 2 is 1.00 bits per heavy atom. The molecule has 0 fully saturated rings. The normalized spacial score (nSPS) is 11.6. The Bertz CT molecular complexity index is 847. The summed E-state index contributed by atoms with van der Waals surface area (Å²) in [7, 11) is 0. The Labute approximate surface area is 287 Å². The van der Waals surface area contributed by atoms with Crippen LogP contribution < -0.4 is 21.7 Å². The Hall–Kier alpha value is -2.65. The zero-order valence-corrected chi connectivity index (χ0v) is 29.4. The molecule has 0 saturated heterocycles. The van der Waals surface area contributed by atoms with Crippen molar-refractivity contribution in [3.8, 4) is 0 Å². The van der Waals surface area contributed by atoms with Crippen molar-refractivity contribution in [1.29, 1.82) is 0 Å². The first-order valence-electron chi connectivity index (χ1n) is 17.8. The largest absolute Gasteiger partial charge is 0.481 e. The van der Waals surface area contributed by atoms with Crippen LogP contribution in [0, 0.1) is 0 Å². The number of carbonyl (C=O) groups is 5. The number of aliphatic carboxylic acids is 1. The number of ketones is 1. The van der Waals surface area contributed by atoms with Gasteiger partial charge >= 0.3 is 5.97 Å². The highest BCUT2D eigenvalue weighted by molar-refractivity contribution is 5.87. The van der Waals surface area contributed by atoms with E-state index >= 15 is 0 Å². The number of nitrogens with two attached hydrogens (primary N) is 1. The summed E-state index contributed by atoms with van der Waals surface area (Å²) in [6, 6.07) is -0.790. The lowest BCUT2D eigenvalue weighted by Gasteiger charge is -2.16. The molecule has 0 radical (unpaired) electrons. The minimum Gasteiger partial charge on any atom is -0.481 e. The molecule has 0 aromatic carbocycles. The summed E-state index contributed by atoms with van der Waals surface area (Å²) in [5.74, 6) is -1.56. The van der Waals surface area contributed by atoms with E-state index in [1.807, 2.05) is 0 Å². The minimum absolute atomic E-state index is 0.00277. The van der Waals surface area contributed by atoms with Crippen molar-refractivity contribution >= 4 is 29.5 Å². The summed E-state index contributed by atoms with van der Waals surface area (Å²) in [5.41, 5.74) is 5.70. The minimum atomic E-state index is -0.790. The van der Waals surface area contributed by atoms with Crippen molar-refractivity contribution < 1.29 is 48.0 Å². The van der Waals surface area contributed by atoms with E-state index in [0.717, 1.165) is 38.5 Å². The summed E-state index contributed by atoms with van der Waals surface area (Å²) >= 11 is 0. The molecule has 0 aliphatic carbocycles. The van der Waals surface area contributed by atoms with Gasteiger partial charge in [0.1, 0.15) is 19.3 Å². The first-order valence-corrected chi connectivity index (χ1v) is 17.8. The van der Waals surface area contributed by atoms with Crippen LogP contribution in [-0.2, 0) is 42.9 Å². The predicted octanol–water partition coefficient (Wildman–Crippen LogP) is 2.64. The van der Waals surface area contributed by atoms with Crippen LogP contribution in [0.25, 0.3) is 0 Å². The number of unbranched alkanes of at least 4 members (excludes halogenated alkanes) is 13. The van der Waals surface area contributed by atoms with E-state index in [4.69, 9.17) is 29.8 Å². The zero-order chi connectivity index (χ0) is 35.5. The number of carbonyl (C=O) groups excluding carboxylic acids is 4. The van der Waals surface area contributed by atoms with Gasteiger partial charge in [-0.1, -0.05) is 77.0 Å². The van der Waals surface area contributed by atoms with Crippen LogP contribution in [0.5, 0.6) is 0 Å². The van der Waals surface area contributed by atoms with E-state index in [-0.39, 0.29) is 76.0 Å². The van der Waals surface area contributed by atoms with Gasteiger partial charge in [-0.3, -0.25) is 24.0 Å². The number of nitrogens with one attached hydrogen (secondary N) is 3. The fourth-order valence-corrected chi connectivity index (χ4v) is 4.68. The van der Waals surface area contributed by atoms with Gasteiger partial charge in [0.25, 0.3) is 0 Å². The molecule has 0 spiro atoms. The molecule has 6 N–H and O–H groups in total. The lowest BCUT2D eigenvalue weighted by Crippen LogP contribution is -2.51. The van der Waals surface area contributed by atoms with Crippen LogP contribution in [0.4, 0.5) is 0 Å². The van der Waals surface area contributed by atoms with Crippen LogP contribution in [0.3, 0.4) is 0 Å². The zero-order valence-electron chi connectivity index (χ0n) is 29.4. The Kier molecular flexibility index (Phi) is 32.3. The van der Waals surface area contributed by atoms with Crippen molar-refractivity contribution in [2.45, 2.75) is 116 Å². The number of hydrogen-bond acceptors (Lipinski definition) is 10. The Balaban J connectivity index is 3.58. The highest BCUT2D eigenvalue weighted by atomic mass is 16.5. The Morgan fingerprint density at radius 3 is 1.48 bits per heavy atom. The molecule has 14 nitrogen and oxygen atoms in total. The fourth-order valence-electron chi connectivity index (χ4n) is 4.68. The number of ether oxygens (including phenoxy) is 4. The predicted molar refractivity (Wildman–Crippen MR) is 182 cm³/mol. The molecule has 0 aliphatic heterocycles. The van der Waals surface area contributed by atoms with Crippen LogP contribution in [0.2, 0.25) is 0 Å². The lowest BCUT2D eigenvalue weighted by atomic mass is 10.0. The first-order chi connectivity index (χ1) is 23.3. The average Bonchev–Trinajstić information content (AvgIpc) is 3.05. The van der Waals surface area contributed by atoms with Gasteiger partial charge in [0, 0.05) is 32.5 Å². The van der Waals surface area contributed by atoms with Gasteiger partial charge in [0.15, 0.2) is 5.78 Å². The molecule has 0 heterocycles. The summed E-state index contributed by atoms with van der Waals surface area (Å²) < 4.78 is 21.0. The van der Waals surface area contributed by atoms with Crippen LogP contribution in [-0.4, -0.2) is 113 Å². The van der Waals surface area contributed by atoms with Crippen LogP contribution in [0.1, 0.15) is 110 Å². The molecule has 280 valence electrons. The van der Waals surface area contributed by atoms with E-state index in [0.29, 0.717) is 32.8 Å². The SMILES string of the molecule is CC(=O)COCCOCCNC(=O)COCCOCCNC(=O)[C@H](CN)NC(=O)CCCCCCCCCCCCCCCCC(=O)O. The maximum absolute atomic E-state index is 12.4. The molecule has 0 aromatic heterocycles. The Morgan fingerprint density at radius 1 is 0.562 bits per heavy atom. The maximum Gasteiger partial charge on any atom is 0.303 e. The summed E-state index contributed by atoms with van der Waals surface area (Å²) in [6.45, 7) is 3.69. The van der Waals surface area contributed by atoms with Gasteiger partial charge in [-0.25, -0.2) is 0 Å². The first kappa shape index (κ1) is 45.3. The summed E-state index contributed by atoms with van der Waals surface area (Å²) in [4.78, 5) is 57.6. The molecule has 0 aromatic rings. The van der Waals surface area contributed by atoms with Crippen LogP contribution >= 0.6 is 0 Å². The molecule has 1 atom stereocenters.